The van der Waals surface area contributed by atoms with Gasteiger partial charge in [-0.25, -0.2) is 9.97 Å². The Hall–Kier alpha value is -2.04. The Morgan fingerprint density at radius 1 is 1.19 bits per heavy atom. The van der Waals surface area contributed by atoms with Crippen LogP contribution >= 0.6 is 0 Å². The molecular weight excluding hydrogens is 202 g/mol. The van der Waals surface area contributed by atoms with E-state index >= 15 is 0 Å². The Labute approximate surface area is 93.8 Å². The number of anilines is 1. The van der Waals surface area contributed by atoms with Gasteiger partial charge in [-0.05, 0) is 19.4 Å². The van der Waals surface area contributed by atoms with E-state index in [1.165, 1.54) is 0 Å². The fraction of sp³-hybridized carbons (Fsp3) is 0.273. The van der Waals surface area contributed by atoms with Gasteiger partial charge in [0.2, 0.25) is 5.95 Å². The minimum atomic E-state index is 0.266. The summed E-state index contributed by atoms with van der Waals surface area (Å²) in [6.45, 7) is 3.91. The third-order valence-electron chi connectivity index (χ3n) is 2.22. The fourth-order valence-electron chi connectivity index (χ4n) is 1.55. The predicted octanol–water partition coefficient (Wildman–Crippen LogP) is 1.39. The molecule has 82 valence electrons. The molecule has 0 aliphatic rings. The van der Waals surface area contributed by atoms with E-state index in [9.17, 15) is 0 Å². The van der Waals surface area contributed by atoms with E-state index in [0.29, 0.717) is 0 Å². The number of nitrogens with two attached hydrogens (primary N) is 1. The van der Waals surface area contributed by atoms with Crippen molar-refractivity contribution < 1.29 is 0 Å². The number of rotatable bonds is 2. The summed E-state index contributed by atoms with van der Waals surface area (Å²) in [7, 11) is 0. The molecule has 2 N–H and O–H groups in total. The molecular formula is C11H13N5. The van der Waals surface area contributed by atoms with Gasteiger partial charge in [0, 0.05) is 18.1 Å². The lowest BCUT2D eigenvalue weighted by molar-refractivity contribution is 0.994. The van der Waals surface area contributed by atoms with Crippen molar-refractivity contribution in [3.05, 3.63) is 29.8 Å². The lowest BCUT2D eigenvalue weighted by atomic mass is 10.2. The van der Waals surface area contributed by atoms with Gasteiger partial charge in [0.25, 0.3) is 0 Å². The maximum absolute atomic E-state index is 5.62. The third kappa shape index (κ3) is 1.98. The zero-order valence-electron chi connectivity index (χ0n) is 9.31. The highest BCUT2D eigenvalue weighted by molar-refractivity contribution is 5.58. The number of nitrogen functional groups attached to an aromatic ring is 1. The van der Waals surface area contributed by atoms with E-state index in [1.54, 1.807) is 12.4 Å². The average Bonchev–Trinajstić information content (AvgIpc) is 2.27. The van der Waals surface area contributed by atoms with E-state index in [2.05, 4.69) is 19.9 Å². The molecule has 0 atom stereocenters. The Morgan fingerprint density at radius 2 is 1.94 bits per heavy atom. The zero-order chi connectivity index (χ0) is 11.5. The molecule has 2 heterocycles. The molecule has 0 saturated carbocycles. The van der Waals surface area contributed by atoms with Crippen LogP contribution in [0.3, 0.4) is 0 Å². The second kappa shape index (κ2) is 4.22. The van der Waals surface area contributed by atoms with Crippen LogP contribution in [0, 0.1) is 6.92 Å². The Balaban J connectivity index is 2.58. The quantitative estimate of drug-likeness (QED) is 0.819. The van der Waals surface area contributed by atoms with Crippen molar-refractivity contribution in [1.82, 2.24) is 19.9 Å². The monoisotopic (exact) mass is 215 g/mol. The number of hydrogen-bond donors (Lipinski definition) is 1. The summed E-state index contributed by atoms with van der Waals surface area (Å²) in [5.74, 6) is 0.266. The SMILES string of the molecule is CCc1nccnc1-c1cc(C)nc(N)n1. The van der Waals surface area contributed by atoms with Gasteiger partial charge < -0.3 is 5.73 Å². The van der Waals surface area contributed by atoms with Crippen molar-refractivity contribution >= 4 is 5.95 Å². The number of nitrogens with zero attached hydrogens (tertiary/aromatic N) is 4. The predicted molar refractivity (Wildman–Crippen MR) is 61.6 cm³/mol. The van der Waals surface area contributed by atoms with Crippen LogP contribution in [0.15, 0.2) is 18.5 Å². The second-order valence-corrected chi connectivity index (χ2v) is 3.46. The lowest BCUT2D eigenvalue weighted by Gasteiger charge is -2.05. The van der Waals surface area contributed by atoms with Gasteiger partial charge in [0.05, 0.1) is 11.4 Å². The summed E-state index contributed by atoms with van der Waals surface area (Å²) in [4.78, 5) is 16.8. The molecule has 0 fully saturated rings. The molecule has 0 spiro atoms. The van der Waals surface area contributed by atoms with Gasteiger partial charge >= 0.3 is 0 Å². The van der Waals surface area contributed by atoms with E-state index < -0.39 is 0 Å². The molecule has 0 amide bonds. The molecule has 0 saturated heterocycles. The van der Waals surface area contributed by atoms with Crippen LogP contribution in [0.5, 0.6) is 0 Å². The summed E-state index contributed by atoms with van der Waals surface area (Å²) in [6, 6.07) is 1.86. The smallest absolute Gasteiger partial charge is 0.220 e. The molecule has 2 aromatic heterocycles. The van der Waals surface area contributed by atoms with Gasteiger partial charge in [0.1, 0.15) is 5.69 Å². The van der Waals surface area contributed by atoms with Crippen LogP contribution in [-0.4, -0.2) is 19.9 Å². The first-order valence-corrected chi connectivity index (χ1v) is 5.12. The number of aromatic nitrogens is 4. The Kier molecular flexibility index (Phi) is 2.76. The number of aryl methyl sites for hydroxylation is 2. The molecule has 0 aliphatic heterocycles. The van der Waals surface area contributed by atoms with Gasteiger partial charge in [0.15, 0.2) is 0 Å². The van der Waals surface area contributed by atoms with Crippen molar-refractivity contribution in [2.45, 2.75) is 20.3 Å². The van der Waals surface area contributed by atoms with E-state index in [-0.39, 0.29) is 5.95 Å². The maximum Gasteiger partial charge on any atom is 0.220 e. The highest BCUT2D eigenvalue weighted by Crippen LogP contribution is 2.18. The van der Waals surface area contributed by atoms with Crippen molar-refractivity contribution in [1.29, 1.82) is 0 Å². The van der Waals surface area contributed by atoms with Gasteiger partial charge in [-0.1, -0.05) is 6.92 Å². The number of hydrogen-bond acceptors (Lipinski definition) is 5. The van der Waals surface area contributed by atoms with Crippen molar-refractivity contribution in [2.24, 2.45) is 0 Å². The fourth-order valence-corrected chi connectivity index (χ4v) is 1.55. The second-order valence-electron chi connectivity index (χ2n) is 3.46. The highest BCUT2D eigenvalue weighted by Gasteiger charge is 2.09. The Morgan fingerprint density at radius 3 is 2.62 bits per heavy atom. The van der Waals surface area contributed by atoms with Gasteiger partial charge in [-0.15, -0.1) is 0 Å². The van der Waals surface area contributed by atoms with Crippen LogP contribution in [0.25, 0.3) is 11.4 Å². The summed E-state index contributed by atoms with van der Waals surface area (Å²) in [5.41, 5.74) is 8.87. The summed E-state index contributed by atoms with van der Waals surface area (Å²) in [6.07, 6.45) is 4.15. The first kappa shape index (κ1) is 10.5. The summed E-state index contributed by atoms with van der Waals surface area (Å²) >= 11 is 0. The van der Waals surface area contributed by atoms with E-state index in [1.807, 2.05) is 19.9 Å². The summed E-state index contributed by atoms with van der Waals surface area (Å²) in [5, 5.41) is 0. The molecule has 2 aromatic rings. The molecule has 0 bridgehead atoms. The largest absolute Gasteiger partial charge is 0.368 e. The minimum absolute atomic E-state index is 0.266. The highest BCUT2D eigenvalue weighted by atomic mass is 15.0. The topological polar surface area (TPSA) is 77.6 Å². The molecule has 16 heavy (non-hydrogen) atoms. The molecule has 5 heteroatoms. The molecule has 0 aromatic carbocycles. The van der Waals surface area contributed by atoms with Gasteiger partial charge in [-0.2, -0.15) is 0 Å². The molecule has 0 radical (unpaired) electrons. The molecule has 2 rings (SSSR count). The first-order chi connectivity index (χ1) is 7.70. The standard InChI is InChI=1S/C11H13N5/c1-3-8-10(14-5-4-13-8)9-6-7(2)15-11(12)16-9/h4-6H,3H2,1-2H3,(H2,12,15,16). The molecule has 5 nitrogen and oxygen atoms in total. The van der Waals surface area contributed by atoms with Crippen molar-refractivity contribution in [3.63, 3.8) is 0 Å². The average molecular weight is 215 g/mol. The molecule has 0 unspecified atom stereocenters. The first-order valence-electron chi connectivity index (χ1n) is 5.12. The minimum Gasteiger partial charge on any atom is -0.368 e. The van der Waals surface area contributed by atoms with Crippen LogP contribution in [0.2, 0.25) is 0 Å². The summed E-state index contributed by atoms with van der Waals surface area (Å²) < 4.78 is 0. The van der Waals surface area contributed by atoms with Gasteiger partial charge in [-0.3, -0.25) is 9.97 Å². The van der Waals surface area contributed by atoms with E-state index in [0.717, 1.165) is 29.2 Å². The normalized spacial score (nSPS) is 10.4. The zero-order valence-corrected chi connectivity index (χ0v) is 9.31. The van der Waals surface area contributed by atoms with Crippen molar-refractivity contribution in [2.75, 3.05) is 5.73 Å². The van der Waals surface area contributed by atoms with Crippen molar-refractivity contribution in [3.8, 4) is 11.4 Å². The third-order valence-corrected chi connectivity index (χ3v) is 2.22. The van der Waals surface area contributed by atoms with Crippen LogP contribution in [0.4, 0.5) is 5.95 Å². The lowest BCUT2D eigenvalue weighted by Crippen LogP contribution is -2.02. The maximum atomic E-state index is 5.62. The van der Waals surface area contributed by atoms with Crippen LogP contribution in [0.1, 0.15) is 18.3 Å². The molecule has 0 aliphatic carbocycles. The van der Waals surface area contributed by atoms with E-state index in [4.69, 9.17) is 5.73 Å². The Bertz CT molecular complexity index is 489. The van der Waals surface area contributed by atoms with Crippen LogP contribution < -0.4 is 5.73 Å². The van der Waals surface area contributed by atoms with Crippen LogP contribution in [-0.2, 0) is 6.42 Å².